The second kappa shape index (κ2) is 8.39. The smallest absolute Gasteiger partial charge is 0.248 e. The minimum absolute atomic E-state index is 0.0295. The summed E-state index contributed by atoms with van der Waals surface area (Å²) in [5.41, 5.74) is 1.93. The summed E-state index contributed by atoms with van der Waals surface area (Å²) in [6.07, 6.45) is 0.813. The fraction of sp³-hybridized carbons (Fsp3) is 0.364. The number of rotatable bonds is 5. The third kappa shape index (κ3) is 4.00. The van der Waals surface area contributed by atoms with Crippen molar-refractivity contribution in [2.45, 2.75) is 45.7 Å². The summed E-state index contributed by atoms with van der Waals surface area (Å²) in [5.74, 6) is 0.421. The monoisotopic (exact) mass is 424 g/mol. The quantitative estimate of drug-likeness (QED) is 0.666. The van der Waals surface area contributed by atoms with Crippen LogP contribution in [0, 0.1) is 19.8 Å². The topological polar surface area (TPSA) is 88.3 Å². The van der Waals surface area contributed by atoms with Gasteiger partial charge < -0.3 is 14.7 Å². The van der Waals surface area contributed by atoms with E-state index in [0.717, 1.165) is 16.1 Å². The van der Waals surface area contributed by atoms with E-state index in [-0.39, 0.29) is 23.8 Å². The van der Waals surface area contributed by atoms with Crippen molar-refractivity contribution in [1.29, 1.82) is 0 Å². The van der Waals surface area contributed by atoms with Gasteiger partial charge in [0.2, 0.25) is 17.7 Å². The van der Waals surface area contributed by atoms with Gasteiger partial charge in [-0.2, -0.15) is 4.98 Å². The van der Waals surface area contributed by atoms with E-state index in [2.05, 4.69) is 15.5 Å². The molecule has 1 fully saturated rings. The zero-order valence-corrected chi connectivity index (χ0v) is 18.0. The zero-order valence-electron chi connectivity index (χ0n) is 17.2. The number of carbonyl (C=O) groups excluding carboxylic acids is 2. The maximum atomic E-state index is 13.3. The molecule has 8 heteroatoms. The second-order valence-electron chi connectivity index (χ2n) is 7.61. The number of nitrogens with zero attached hydrogens (tertiary/aromatic N) is 3. The summed E-state index contributed by atoms with van der Waals surface area (Å²) < 4.78 is 5.19. The Balaban J connectivity index is 1.65. The van der Waals surface area contributed by atoms with E-state index >= 15 is 0 Å². The molecule has 0 aliphatic carbocycles. The van der Waals surface area contributed by atoms with Crippen molar-refractivity contribution in [3.05, 3.63) is 63.9 Å². The van der Waals surface area contributed by atoms with Crippen molar-refractivity contribution < 1.29 is 14.1 Å². The molecule has 0 saturated carbocycles. The van der Waals surface area contributed by atoms with E-state index in [1.807, 2.05) is 55.6 Å². The van der Waals surface area contributed by atoms with Crippen LogP contribution < -0.4 is 10.2 Å². The highest BCUT2D eigenvalue weighted by Gasteiger charge is 2.42. The first-order chi connectivity index (χ1) is 14.4. The van der Waals surface area contributed by atoms with Gasteiger partial charge in [-0.1, -0.05) is 28.9 Å². The number of anilines is 1. The predicted molar refractivity (Wildman–Crippen MR) is 114 cm³/mol. The molecule has 4 rings (SSSR count). The van der Waals surface area contributed by atoms with Crippen molar-refractivity contribution in [2.24, 2.45) is 5.92 Å². The summed E-state index contributed by atoms with van der Waals surface area (Å²) in [6, 6.07) is 11.0. The number of thiophene rings is 1. The zero-order chi connectivity index (χ0) is 21.3. The number of hydrogen-bond acceptors (Lipinski definition) is 6. The van der Waals surface area contributed by atoms with E-state index < -0.39 is 6.04 Å². The van der Waals surface area contributed by atoms with Gasteiger partial charge in [-0.25, -0.2) is 0 Å². The Morgan fingerprint density at radius 1 is 1.27 bits per heavy atom. The Hall–Kier alpha value is -3.00. The van der Waals surface area contributed by atoms with Gasteiger partial charge >= 0.3 is 0 Å². The average Bonchev–Trinajstić information content (AvgIpc) is 3.40. The summed E-state index contributed by atoms with van der Waals surface area (Å²) in [7, 11) is 0. The number of amides is 2. The van der Waals surface area contributed by atoms with Crippen molar-refractivity contribution in [1.82, 2.24) is 15.5 Å². The first kappa shape index (κ1) is 20.3. The van der Waals surface area contributed by atoms with E-state index in [1.54, 1.807) is 23.2 Å². The normalized spacial score (nSPS) is 20.2. The molecule has 1 N–H and O–H groups in total. The maximum absolute atomic E-state index is 13.3. The van der Waals surface area contributed by atoms with Gasteiger partial charge in [-0.05, 0) is 50.8 Å². The Morgan fingerprint density at radius 3 is 2.67 bits per heavy atom. The van der Waals surface area contributed by atoms with Gasteiger partial charge in [0.25, 0.3) is 0 Å². The molecule has 0 unspecified atom stereocenters. The van der Waals surface area contributed by atoms with E-state index in [4.69, 9.17) is 4.52 Å². The van der Waals surface area contributed by atoms with Crippen molar-refractivity contribution in [2.75, 3.05) is 4.90 Å². The van der Waals surface area contributed by atoms with Gasteiger partial charge in [0.15, 0.2) is 5.82 Å². The van der Waals surface area contributed by atoms with Crippen LogP contribution in [0.3, 0.4) is 0 Å². The molecule has 30 heavy (non-hydrogen) atoms. The standard InChI is InChI=1S/C22H24N4O3S/c1-13-6-8-16(9-7-13)26-19(27)11-10-17(20(26)18-5-4-12-30-18)21(28)23-14(2)22-24-15(3)25-29-22/h4-9,12,14,17,20H,10-11H2,1-3H3,(H,23,28)/t14-,17-,20+/m0/s1. The summed E-state index contributed by atoms with van der Waals surface area (Å²) >= 11 is 1.56. The first-order valence-electron chi connectivity index (χ1n) is 9.96. The lowest BCUT2D eigenvalue weighted by molar-refractivity contribution is -0.129. The van der Waals surface area contributed by atoms with Gasteiger partial charge in [-0.15, -0.1) is 11.3 Å². The molecule has 3 aromatic rings. The van der Waals surface area contributed by atoms with Crippen molar-refractivity contribution in [3.63, 3.8) is 0 Å². The van der Waals surface area contributed by atoms with Crippen LogP contribution in [0.4, 0.5) is 5.69 Å². The van der Waals surface area contributed by atoms with Crippen LogP contribution in [-0.2, 0) is 9.59 Å². The third-order valence-corrected chi connectivity index (χ3v) is 6.30. The van der Waals surface area contributed by atoms with Crippen LogP contribution >= 0.6 is 11.3 Å². The Bertz CT molecular complexity index is 1030. The largest absolute Gasteiger partial charge is 0.344 e. The predicted octanol–water partition coefficient (Wildman–Crippen LogP) is 4.11. The second-order valence-corrected chi connectivity index (χ2v) is 8.59. The molecule has 2 aromatic heterocycles. The van der Waals surface area contributed by atoms with Gasteiger partial charge in [0, 0.05) is 17.0 Å². The number of hydrogen-bond donors (Lipinski definition) is 1. The molecule has 1 aromatic carbocycles. The van der Waals surface area contributed by atoms with Gasteiger partial charge in [0.05, 0.1) is 12.0 Å². The molecule has 1 aliphatic rings. The molecule has 1 saturated heterocycles. The lowest BCUT2D eigenvalue weighted by atomic mass is 9.86. The van der Waals surface area contributed by atoms with Gasteiger partial charge in [-0.3, -0.25) is 9.59 Å². The Kier molecular flexibility index (Phi) is 5.67. The lowest BCUT2D eigenvalue weighted by Gasteiger charge is -2.40. The third-order valence-electron chi connectivity index (χ3n) is 5.35. The van der Waals surface area contributed by atoms with E-state index in [1.165, 1.54) is 0 Å². The van der Waals surface area contributed by atoms with Crippen LogP contribution in [-0.4, -0.2) is 22.0 Å². The fourth-order valence-corrected chi connectivity index (χ4v) is 4.71. The maximum Gasteiger partial charge on any atom is 0.248 e. The molecule has 7 nitrogen and oxygen atoms in total. The van der Waals surface area contributed by atoms with Crippen molar-refractivity contribution >= 4 is 28.8 Å². The molecular formula is C22H24N4O3S. The number of carbonyl (C=O) groups is 2. The average molecular weight is 425 g/mol. The molecule has 0 spiro atoms. The van der Waals surface area contributed by atoms with Crippen LogP contribution in [0.2, 0.25) is 0 Å². The molecule has 156 valence electrons. The number of aryl methyl sites for hydroxylation is 2. The molecule has 0 radical (unpaired) electrons. The highest BCUT2D eigenvalue weighted by Crippen LogP contribution is 2.41. The number of benzene rings is 1. The van der Waals surface area contributed by atoms with Crippen LogP contribution in [0.15, 0.2) is 46.3 Å². The molecular weight excluding hydrogens is 400 g/mol. The summed E-state index contributed by atoms with van der Waals surface area (Å²) in [5, 5.41) is 8.76. The number of aromatic nitrogens is 2. The van der Waals surface area contributed by atoms with E-state index in [0.29, 0.717) is 24.6 Å². The number of nitrogens with one attached hydrogen (secondary N) is 1. The number of piperidine rings is 1. The molecule has 3 heterocycles. The molecule has 2 amide bonds. The highest BCUT2D eigenvalue weighted by molar-refractivity contribution is 7.10. The highest BCUT2D eigenvalue weighted by atomic mass is 32.1. The minimum Gasteiger partial charge on any atom is -0.344 e. The first-order valence-corrected chi connectivity index (χ1v) is 10.8. The van der Waals surface area contributed by atoms with Crippen molar-refractivity contribution in [3.8, 4) is 0 Å². The Labute approximate surface area is 179 Å². The minimum atomic E-state index is -0.409. The lowest BCUT2D eigenvalue weighted by Crippen LogP contribution is -2.48. The summed E-state index contributed by atoms with van der Waals surface area (Å²) in [6.45, 7) is 5.56. The summed E-state index contributed by atoms with van der Waals surface area (Å²) in [4.78, 5) is 33.2. The van der Waals surface area contributed by atoms with Crippen LogP contribution in [0.25, 0.3) is 0 Å². The molecule has 1 aliphatic heterocycles. The molecule has 0 bridgehead atoms. The van der Waals surface area contributed by atoms with Crippen LogP contribution in [0.5, 0.6) is 0 Å². The van der Waals surface area contributed by atoms with E-state index in [9.17, 15) is 9.59 Å². The van der Waals surface area contributed by atoms with Crippen LogP contribution in [0.1, 0.15) is 54.0 Å². The SMILES string of the molecule is Cc1ccc(N2C(=O)CC[C@H](C(=O)N[C@@H](C)c3nc(C)no3)[C@@H]2c2cccs2)cc1. The van der Waals surface area contributed by atoms with Gasteiger partial charge in [0.1, 0.15) is 6.04 Å². The molecule has 3 atom stereocenters. The fourth-order valence-electron chi connectivity index (χ4n) is 3.83. The Morgan fingerprint density at radius 2 is 2.03 bits per heavy atom.